The molecule has 0 aromatic rings. The van der Waals surface area contributed by atoms with Gasteiger partial charge in [-0.05, 0) is 70.6 Å². The van der Waals surface area contributed by atoms with Crippen molar-refractivity contribution in [3.8, 4) is 6.07 Å². The summed E-state index contributed by atoms with van der Waals surface area (Å²) in [7, 11) is 0. The fourth-order valence-electron chi connectivity index (χ4n) is 4.41. The van der Waals surface area contributed by atoms with Crippen LogP contribution < -0.4 is 5.73 Å². The normalized spacial score (nSPS) is 39.4. The van der Waals surface area contributed by atoms with E-state index in [1.807, 2.05) is 0 Å². The molecule has 112 valence electrons. The average molecular weight is 276 g/mol. The third-order valence-corrected chi connectivity index (χ3v) is 5.78. The lowest BCUT2D eigenvalue weighted by atomic mass is 9.87. The zero-order valence-electron chi connectivity index (χ0n) is 12.6. The van der Waals surface area contributed by atoms with E-state index in [0.29, 0.717) is 5.92 Å². The van der Waals surface area contributed by atoms with Gasteiger partial charge in [0, 0.05) is 12.6 Å². The van der Waals surface area contributed by atoms with Crippen LogP contribution in [-0.2, 0) is 0 Å². The molecular weight excluding hydrogens is 248 g/mol. The number of likely N-dealkylation sites (tertiary alicyclic amines) is 2. The van der Waals surface area contributed by atoms with E-state index in [4.69, 9.17) is 5.73 Å². The van der Waals surface area contributed by atoms with Crippen LogP contribution in [0.15, 0.2) is 0 Å². The van der Waals surface area contributed by atoms with E-state index in [1.165, 1.54) is 45.4 Å². The van der Waals surface area contributed by atoms with Crippen molar-refractivity contribution in [3.05, 3.63) is 0 Å². The molecule has 2 aliphatic heterocycles. The highest BCUT2D eigenvalue weighted by Crippen LogP contribution is 2.36. The fourth-order valence-corrected chi connectivity index (χ4v) is 4.41. The minimum absolute atomic E-state index is 0.415. The van der Waals surface area contributed by atoms with Crippen molar-refractivity contribution < 1.29 is 0 Å². The van der Waals surface area contributed by atoms with Crippen LogP contribution in [0.25, 0.3) is 0 Å². The molecule has 2 N–H and O–H groups in total. The quantitative estimate of drug-likeness (QED) is 0.847. The summed E-state index contributed by atoms with van der Waals surface area (Å²) >= 11 is 0. The lowest BCUT2D eigenvalue weighted by Gasteiger charge is -2.27. The van der Waals surface area contributed by atoms with Crippen LogP contribution in [0, 0.1) is 17.2 Å². The summed E-state index contributed by atoms with van der Waals surface area (Å²) < 4.78 is 0. The predicted molar refractivity (Wildman–Crippen MR) is 80.1 cm³/mol. The molecule has 20 heavy (non-hydrogen) atoms. The van der Waals surface area contributed by atoms with Crippen molar-refractivity contribution in [2.24, 2.45) is 11.7 Å². The van der Waals surface area contributed by atoms with Gasteiger partial charge in [0.15, 0.2) is 0 Å². The van der Waals surface area contributed by atoms with Crippen LogP contribution in [0.5, 0.6) is 0 Å². The first kappa shape index (κ1) is 14.3. The molecular formula is C16H28N4. The number of rotatable bonds is 4. The van der Waals surface area contributed by atoms with Crippen molar-refractivity contribution in [3.63, 3.8) is 0 Å². The van der Waals surface area contributed by atoms with Gasteiger partial charge < -0.3 is 10.6 Å². The van der Waals surface area contributed by atoms with Gasteiger partial charge in [0.25, 0.3) is 0 Å². The molecule has 2 saturated heterocycles. The summed E-state index contributed by atoms with van der Waals surface area (Å²) in [6, 6.07) is 3.16. The van der Waals surface area contributed by atoms with Gasteiger partial charge in [0.2, 0.25) is 0 Å². The maximum atomic E-state index is 9.28. The molecule has 0 aromatic heterocycles. The first-order chi connectivity index (χ1) is 9.71. The van der Waals surface area contributed by atoms with Crippen LogP contribution in [0.1, 0.15) is 44.9 Å². The van der Waals surface area contributed by atoms with Crippen LogP contribution in [0.4, 0.5) is 0 Å². The molecule has 0 amide bonds. The Labute approximate surface area is 122 Å². The minimum atomic E-state index is -0.534. The van der Waals surface area contributed by atoms with Gasteiger partial charge in [-0.15, -0.1) is 0 Å². The molecule has 3 fully saturated rings. The maximum absolute atomic E-state index is 9.28. The van der Waals surface area contributed by atoms with Crippen LogP contribution in [0.2, 0.25) is 0 Å². The zero-order chi connectivity index (χ0) is 14.0. The molecule has 3 aliphatic rings. The first-order valence-corrected chi connectivity index (χ1v) is 8.38. The molecule has 0 bridgehead atoms. The van der Waals surface area contributed by atoms with Gasteiger partial charge in [-0.25, -0.2) is 0 Å². The van der Waals surface area contributed by atoms with Gasteiger partial charge in [-0.2, -0.15) is 5.26 Å². The Kier molecular flexibility index (Phi) is 4.30. The Bertz CT molecular complexity index is 371. The minimum Gasteiger partial charge on any atom is -0.313 e. The lowest BCUT2D eigenvalue weighted by Crippen LogP contribution is -2.43. The van der Waals surface area contributed by atoms with E-state index < -0.39 is 5.54 Å². The largest absolute Gasteiger partial charge is 0.313 e. The Morgan fingerprint density at radius 2 is 1.95 bits per heavy atom. The fraction of sp³-hybridized carbons (Fsp3) is 0.938. The summed E-state index contributed by atoms with van der Waals surface area (Å²) in [4.78, 5) is 5.27. The van der Waals surface area contributed by atoms with E-state index in [-0.39, 0.29) is 0 Å². The number of nitrogens with zero attached hydrogens (tertiary/aromatic N) is 3. The first-order valence-electron chi connectivity index (χ1n) is 8.38. The van der Waals surface area contributed by atoms with E-state index in [9.17, 15) is 5.26 Å². The lowest BCUT2D eigenvalue weighted by molar-refractivity contribution is 0.222. The van der Waals surface area contributed by atoms with Gasteiger partial charge in [-0.1, -0.05) is 6.42 Å². The summed E-state index contributed by atoms with van der Waals surface area (Å²) in [5, 5.41) is 9.28. The molecule has 4 nitrogen and oxygen atoms in total. The van der Waals surface area contributed by atoms with Crippen molar-refractivity contribution >= 4 is 0 Å². The smallest absolute Gasteiger partial charge is 0.107 e. The molecule has 1 saturated carbocycles. The SMILES string of the molecule is N#CC1(N)CCCC1CCN1CCC(N2CCCC2)C1. The molecule has 3 unspecified atom stereocenters. The third kappa shape index (κ3) is 2.86. The van der Waals surface area contributed by atoms with Crippen molar-refractivity contribution in [1.29, 1.82) is 5.26 Å². The molecule has 1 aliphatic carbocycles. The van der Waals surface area contributed by atoms with Crippen molar-refractivity contribution in [2.45, 2.75) is 56.5 Å². The van der Waals surface area contributed by atoms with E-state index in [1.54, 1.807) is 0 Å². The highest BCUT2D eigenvalue weighted by molar-refractivity contribution is 5.12. The standard InChI is InChI=1S/C16H28N4/c17-13-16(18)7-3-4-14(16)5-10-19-11-6-15(12-19)20-8-1-2-9-20/h14-15H,1-12,18H2. The second-order valence-corrected chi connectivity index (χ2v) is 7.02. The zero-order valence-corrected chi connectivity index (χ0v) is 12.6. The molecule has 4 heteroatoms. The van der Waals surface area contributed by atoms with Crippen molar-refractivity contribution in [2.75, 3.05) is 32.7 Å². The summed E-state index contributed by atoms with van der Waals surface area (Å²) in [6.07, 6.45) is 8.38. The van der Waals surface area contributed by atoms with Crippen LogP contribution in [-0.4, -0.2) is 54.1 Å². The molecule has 3 rings (SSSR count). The van der Waals surface area contributed by atoms with E-state index >= 15 is 0 Å². The molecule has 3 atom stereocenters. The van der Waals surface area contributed by atoms with Crippen LogP contribution in [0.3, 0.4) is 0 Å². The number of hydrogen-bond acceptors (Lipinski definition) is 4. The van der Waals surface area contributed by atoms with E-state index in [0.717, 1.165) is 38.3 Å². The van der Waals surface area contributed by atoms with Gasteiger partial charge >= 0.3 is 0 Å². The molecule has 0 spiro atoms. The topological polar surface area (TPSA) is 56.3 Å². The second kappa shape index (κ2) is 6.01. The monoisotopic (exact) mass is 276 g/mol. The van der Waals surface area contributed by atoms with Gasteiger partial charge in [0.05, 0.1) is 6.07 Å². The predicted octanol–water partition coefficient (Wildman–Crippen LogP) is 1.57. The Morgan fingerprint density at radius 3 is 2.70 bits per heavy atom. The van der Waals surface area contributed by atoms with Crippen molar-refractivity contribution in [1.82, 2.24) is 9.80 Å². The summed E-state index contributed by atoms with van der Waals surface area (Å²) in [5.74, 6) is 0.415. The third-order valence-electron chi connectivity index (χ3n) is 5.78. The highest BCUT2D eigenvalue weighted by atomic mass is 15.3. The Morgan fingerprint density at radius 1 is 1.15 bits per heavy atom. The highest BCUT2D eigenvalue weighted by Gasteiger charge is 2.40. The second-order valence-electron chi connectivity index (χ2n) is 7.02. The average Bonchev–Trinajstić information content (AvgIpc) is 3.17. The number of nitrogens with two attached hydrogens (primary N) is 1. The Hall–Kier alpha value is -0.630. The van der Waals surface area contributed by atoms with Gasteiger partial charge in [-0.3, -0.25) is 4.90 Å². The van der Waals surface area contributed by atoms with Crippen LogP contribution >= 0.6 is 0 Å². The summed E-state index contributed by atoms with van der Waals surface area (Å²) in [6.45, 7) is 6.22. The molecule has 0 radical (unpaired) electrons. The number of nitriles is 1. The Balaban J connectivity index is 1.44. The maximum Gasteiger partial charge on any atom is 0.107 e. The summed E-state index contributed by atoms with van der Waals surface area (Å²) in [5.41, 5.74) is 5.69. The molecule has 0 aromatic carbocycles. The molecule has 2 heterocycles. The number of hydrogen-bond donors (Lipinski definition) is 1. The van der Waals surface area contributed by atoms with Gasteiger partial charge in [0.1, 0.15) is 5.54 Å². The van der Waals surface area contributed by atoms with E-state index in [2.05, 4.69) is 15.9 Å².